The van der Waals surface area contributed by atoms with Gasteiger partial charge in [0, 0.05) is 11.1 Å². The van der Waals surface area contributed by atoms with Crippen molar-refractivity contribution >= 4 is 27.4 Å². The molecular weight excluding hydrogens is 268 g/mol. The SMILES string of the molecule is Cc1cccnc1CNc1ncnc2sc(C)c(C)c12. The molecule has 20 heavy (non-hydrogen) atoms. The standard InChI is InChI=1S/C15H16N4S/c1-9-5-4-6-16-12(9)7-17-14-13-10(2)11(3)20-15(13)19-8-18-14/h4-6,8H,7H2,1-3H3,(H,17,18,19). The lowest BCUT2D eigenvalue weighted by atomic mass is 10.2. The lowest BCUT2D eigenvalue weighted by Crippen LogP contribution is -2.05. The van der Waals surface area contributed by atoms with Gasteiger partial charge in [-0.2, -0.15) is 0 Å². The Labute approximate surface area is 121 Å². The molecule has 3 aromatic rings. The molecule has 0 aromatic carbocycles. The molecule has 3 aromatic heterocycles. The van der Waals surface area contributed by atoms with Crippen molar-refractivity contribution in [2.75, 3.05) is 5.32 Å². The smallest absolute Gasteiger partial charge is 0.138 e. The monoisotopic (exact) mass is 284 g/mol. The summed E-state index contributed by atoms with van der Waals surface area (Å²) in [7, 11) is 0. The summed E-state index contributed by atoms with van der Waals surface area (Å²) < 4.78 is 0. The topological polar surface area (TPSA) is 50.7 Å². The Morgan fingerprint density at radius 2 is 2.00 bits per heavy atom. The summed E-state index contributed by atoms with van der Waals surface area (Å²) in [5, 5.41) is 4.52. The third kappa shape index (κ3) is 2.25. The van der Waals surface area contributed by atoms with E-state index in [9.17, 15) is 0 Å². The van der Waals surface area contributed by atoms with Gasteiger partial charge in [0.25, 0.3) is 0 Å². The molecule has 4 nitrogen and oxygen atoms in total. The lowest BCUT2D eigenvalue weighted by molar-refractivity contribution is 1.01. The summed E-state index contributed by atoms with van der Waals surface area (Å²) >= 11 is 1.71. The number of anilines is 1. The van der Waals surface area contributed by atoms with Gasteiger partial charge in [0.05, 0.1) is 17.6 Å². The lowest BCUT2D eigenvalue weighted by Gasteiger charge is -2.08. The second kappa shape index (κ2) is 5.17. The van der Waals surface area contributed by atoms with E-state index in [2.05, 4.69) is 47.1 Å². The largest absolute Gasteiger partial charge is 0.364 e. The molecule has 0 aliphatic rings. The van der Waals surface area contributed by atoms with E-state index in [0.717, 1.165) is 21.7 Å². The molecule has 0 aliphatic heterocycles. The second-order valence-electron chi connectivity index (χ2n) is 4.81. The summed E-state index contributed by atoms with van der Waals surface area (Å²) in [5.41, 5.74) is 3.48. The van der Waals surface area contributed by atoms with Crippen LogP contribution in [0.15, 0.2) is 24.7 Å². The van der Waals surface area contributed by atoms with Crippen LogP contribution in [0, 0.1) is 20.8 Å². The van der Waals surface area contributed by atoms with E-state index in [-0.39, 0.29) is 0 Å². The Kier molecular flexibility index (Phi) is 3.36. The third-order valence-corrected chi connectivity index (χ3v) is 4.62. The fraction of sp³-hybridized carbons (Fsp3) is 0.267. The van der Waals surface area contributed by atoms with E-state index in [0.29, 0.717) is 6.54 Å². The minimum absolute atomic E-state index is 0.674. The molecule has 0 amide bonds. The van der Waals surface area contributed by atoms with Crippen LogP contribution in [-0.2, 0) is 6.54 Å². The first-order valence-electron chi connectivity index (χ1n) is 6.52. The Morgan fingerprint density at radius 1 is 1.15 bits per heavy atom. The zero-order chi connectivity index (χ0) is 14.1. The second-order valence-corrected chi connectivity index (χ2v) is 6.01. The van der Waals surface area contributed by atoms with Crippen LogP contribution >= 0.6 is 11.3 Å². The number of hydrogen-bond acceptors (Lipinski definition) is 5. The van der Waals surface area contributed by atoms with Crippen molar-refractivity contribution in [3.63, 3.8) is 0 Å². The fourth-order valence-corrected chi connectivity index (χ4v) is 3.18. The summed E-state index contributed by atoms with van der Waals surface area (Å²) in [6, 6.07) is 4.02. The van der Waals surface area contributed by atoms with Gasteiger partial charge < -0.3 is 5.32 Å². The van der Waals surface area contributed by atoms with Gasteiger partial charge in [0.1, 0.15) is 17.0 Å². The van der Waals surface area contributed by atoms with Crippen molar-refractivity contribution in [3.05, 3.63) is 46.4 Å². The van der Waals surface area contributed by atoms with Crippen LogP contribution in [0.25, 0.3) is 10.2 Å². The molecule has 5 heteroatoms. The number of pyridine rings is 1. The number of fused-ring (bicyclic) bond motifs is 1. The fourth-order valence-electron chi connectivity index (χ4n) is 2.19. The van der Waals surface area contributed by atoms with Crippen molar-refractivity contribution in [1.82, 2.24) is 15.0 Å². The van der Waals surface area contributed by atoms with Crippen molar-refractivity contribution in [2.45, 2.75) is 27.3 Å². The average Bonchev–Trinajstić information content (AvgIpc) is 2.74. The average molecular weight is 284 g/mol. The van der Waals surface area contributed by atoms with Crippen molar-refractivity contribution in [2.24, 2.45) is 0 Å². The zero-order valence-corrected chi connectivity index (χ0v) is 12.6. The van der Waals surface area contributed by atoms with Gasteiger partial charge in [0.2, 0.25) is 0 Å². The van der Waals surface area contributed by atoms with Crippen LogP contribution in [0.4, 0.5) is 5.82 Å². The predicted molar refractivity (Wildman–Crippen MR) is 83.2 cm³/mol. The molecule has 3 heterocycles. The molecule has 3 rings (SSSR count). The molecule has 0 radical (unpaired) electrons. The van der Waals surface area contributed by atoms with Crippen LogP contribution in [0.1, 0.15) is 21.7 Å². The van der Waals surface area contributed by atoms with E-state index in [1.165, 1.54) is 16.0 Å². The summed E-state index contributed by atoms with van der Waals surface area (Å²) in [6.45, 7) is 6.98. The van der Waals surface area contributed by atoms with Crippen LogP contribution < -0.4 is 5.32 Å². The van der Waals surface area contributed by atoms with Gasteiger partial charge in [-0.15, -0.1) is 11.3 Å². The summed E-state index contributed by atoms with van der Waals surface area (Å²) in [4.78, 5) is 15.5. The molecule has 0 spiro atoms. The molecule has 0 aliphatic carbocycles. The van der Waals surface area contributed by atoms with Gasteiger partial charge >= 0.3 is 0 Å². The van der Waals surface area contributed by atoms with Crippen LogP contribution in [0.3, 0.4) is 0 Å². The molecule has 0 saturated heterocycles. The highest BCUT2D eigenvalue weighted by atomic mass is 32.1. The van der Waals surface area contributed by atoms with E-state index in [4.69, 9.17) is 0 Å². The van der Waals surface area contributed by atoms with Crippen LogP contribution in [0.5, 0.6) is 0 Å². The molecular formula is C15H16N4S. The highest BCUT2D eigenvalue weighted by Gasteiger charge is 2.11. The highest BCUT2D eigenvalue weighted by Crippen LogP contribution is 2.32. The Hall–Kier alpha value is -2.01. The maximum Gasteiger partial charge on any atom is 0.138 e. The number of nitrogens with zero attached hydrogens (tertiary/aromatic N) is 3. The number of thiophene rings is 1. The normalized spacial score (nSPS) is 10.9. The van der Waals surface area contributed by atoms with Crippen molar-refractivity contribution < 1.29 is 0 Å². The Bertz CT molecular complexity index is 764. The molecule has 0 bridgehead atoms. The van der Waals surface area contributed by atoms with Gasteiger partial charge in [-0.25, -0.2) is 9.97 Å². The van der Waals surface area contributed by atoms with Crippen LogP contribution in [0.2, 0.25) is 0 Å². The molecule has 102 valence electrons. The summed E-state index contributed by atoms with van der Waals surface area (Å²) in [6.07, 6.45) is 3.44. The minimum Gasteiger partial charge on any atom is -0.364 e. The maximum absolute atomic E-state index is 4.40. The molecule has 0 unspecified atom stereocenters. The van der Waals surface area contributed by atoms with Gasteiger partial charge in [-0.3, -0.25) is 4.98 Å². The van der Waals surface area contributed by atoms with E-state index < -0.39 is 0 Å². The number of hydrogen-bond donors (Lipinski definition) is 1. The van der Waals surface area contributed by atoms with Gasteiger partial charge in [-0.05, 0) is 38.0 Å². The van der Waals surface area contributed by atoms with Gasteiger partial charge in [0.15, 0.2) is 0 Å². The minimum atomic E-state index is 0.674. The van der Waals surface area contributed by atoms with Crippen LogP contribution in [-0.4, -0.2) is 15.0 Å². The predicted octanol–water partition coefficient (Wildman–Crippen LogP) is 3.62. The first-order chi connectivity index (χ1) is 9.66. The number of nitrogens with one attached hydrogen (secondary N) is 1. The molecule has 0 atom stereocenters. The molecule has 0 saturated carbocycles. The third-order valence-electron chi connectivity index (χ3n) is 3.51. The Morgan fingerprint density at radius 3 is 2.80 bits per heavy atom. The van der Waals surface area contributed by atoms with Gasteiger partial charge in [-0.1, -0.05) is 6.07 Å². The molecule has 0 fully saturated rings. The first kappa shape index (κ1) is 13.0. The highest BCUT2D eigenvalue weighted by molar-refractivity contribution is 7.18. The van der Waals surface area contributed by atoms with E-state index in [1.54, 1.807) is 17.7 Å². The number of rotatable bonds is 3. The number of aryl methyl sites for hydroxylation is 3. The first-order valence-corrected chi connectivity index (χ1v) is 7.33. The molecule has 1 N–H and O–H groups in total. The zero-order valence-electron chi connectivity index (χ0n) is 11.8. The summed E-state index contributed by atoms with van der Waals surface area (Å²) in [5.74, 6) is 0.891. The van der Waals surface area contributed by atoms with E-state index in [1.807, 2.05) is 12.3 Å². The van der Waals surface area contributed by atoms with Crippen molar-refractivity contribution in [3.8, 4) is 0 Å². The number of aromatic nitrogens is 3. The Balaban J connectivity index is 1.94. The maximum atomic E-state index is 4.40. The quantitative estimate of drug-likeness (QED) is 0.798. The van der Waals surface area contributed by atoms with E-state index >= 15 is 0 Å². The van der Waals surface area contributed by atoms with Crippen molar-refractivity contribution in [1.29, 1.82) is 0 Å².